The SMILES string of the molecule is CCC(C)NC(=O)c1cc(NC(=O)c2ccc(C(F)(F)F)cc2)ccc1N1CCCC1. The van der Waals surface area contributed by atoms with E-state index in [1.807, 2.05) is 13.8 Å². The molecular formula is C23H26F3N3O2. The van der Waals surface area contributed by atoms with Crippen LogP contribution in [0.4, 0.5) is 24.5 Å². The summed E-state index contributed by atoms with van der Waals surface area (Å²) in [6.45, 7) is 5.62. The Labute approximate surface area is 179 Å². The number of hydrogen-bond donors (Lipinski definition) is 2. The summed E-state index contributed by atoms with van der Waals surface area (Å²) in [5.74, 6) is -0.766. The van der Waals surface area contributed by atoms with Crippen LogP contribution in [0.25, 0.3) is 0 Å². The van der Waals surface area contributed by atoms with E-state index in [1.165, 1.54) is 0 Å². The van der Waals surface area contributed by atoms with Crippen molar-refractivity contribution < 1.29 is 22.8 Å². The standard InChI is InChI=1S/C23H26F3N3O2/c1-3-15(2)27-22(31)19-14-18(10-11-20(19)29-12-4-5-13-29)28-21(30)16-6-8-17(9-7-16)23(24,25)26/h6-11,14-15H,3-5,12-13H2,1-2H3,(H,27,31)(H,28,30). The van der Waals surface area contributed by atoms with Crippen molar-refractivity contribution in [2.45, 2.75) is 45.3 Å². The Morgan fingerprint density at radius 3 is 2.26 bits per heavy atom. The molecule has 0 saturated carbocycles. The van der Waals surface area contributed by atoms with Crippen LogP contribution in [0.15, 0.2) is 42.5 Å². The highest BCUT2D eigenvalue weighted by Crippen LogP contribution is 2.30. The molecular weight excluding hydrogens is 407 g/mol. The Kier molecular flexibility index (Phi) is 6.87. The van der Waals surface area contributed by atoms with Crippen molar-refractivity contribution in [2.24, 2.45) is 0 Å². The number of alkyl halides is 3. The maximum atomic E-state index is 12.9. The molecule has 5 nitrogen and oxygen atoms in total. The van der Waals surface area contributed by atoms with Crippen molar-refractivity contribution in [2.75, 3.05) is 23.3 Å². The Hall–Kier alpha value is -3.03. The number of amides is 2. The minimum atomic E-state index is -4.46. The molecule has 8 heteroatoms. The van der Waals surface area contributed by atoms with Gasteiger partial charge in [-0.1, -0.05) is 6.92 Å². The molecule has 0 aliphatic carbocycles. The fraction of sp³-hybridized carbons (Fsp3) is 0.391. The van der Waals surface area contributed by atoms with E-state index >= 15 is 0 Å². The van der Waals surface area contributed by atoms with Gasteiger partial charge in [0.2, 0.25) is 0 Å². The number of benzene rings is 2. The number of hydrogen-bond acceptors (Lipinski definition) is 3. The molecule has 2 aromatic carbocycles. The first-order chi connectivity index (χ1) is 14.7. The van der Waals surface area contributed by atoms with Gasteiger partial charge in [-0.25, -0.2) is 0 Å². The lowest BCUT2D eigenvalue weighted by Crippen LogP contribution is -2.33. The minimum absolute atomic E-state index is 0.00400. The first-order valence-electron chi connectivity index (χ1n) is 10.4. The average molecular weight is 433 g/mol. The van der Waals surface area contributed by atoms with Crippen molar-refractivity contribution in [3.05, 3.63) is 59.2 Å². The number of nitrogens with one attached hydrogen (secondary N) is 2. The maximum Gasteiger partial charge on any atom is 0.416 e. The normalized spacial score (nSPS) is 14.9. The van der Waals surface area contributed by atoms with Crippen LogP contribution < -0.4 is 15.5 Å². The van der Waals surface area contributed by atoms with E-state index in [9.17, 15) is 22.8 Å². The Balaban J connectivity index is 1.83. The van der Waals surface area contributed by atoms with E-state index < -0.39 is 17.6 Å². The predicted octanol–water partition coefficient (Wildman–Crippen LogP) is 5.09. The Morgan fingerprint density at radius 2 is 1.68 bits per heavy atom. The summed E-state index contributed by atoms with van der Waals surface area (Å²) in [4.78, 5) is 27.5. The van der Waals surface area contributed by atoms with Crippen molar-refractivity contribution in [1.82, 2.24) is 5.32 Å². The van der Waals surface area contributed by atoms with E-state index in [1.54, 1.807) is 18.2 Å². The summed E-state index contributed by atoms with van der Waals surface area (Å²) in [6, 6.07) is 9.14. The third-order valence-electron chi connectivity index (χ3n) is 5.41. The zero-order valence-corrected chi connectivity index (χ0v) is 17.6. The van der Waals surface area contributed by atoms with Crippen molar-refractivity contribution >= 4 is 23.2 Å². The molecule has 1 aliphatic heterocycles. The molecule has 1 aliphatic rings. The average Bonchev–Trinajstić information content (AvgIpc) is 3.27. The van der Waals surface area contributed by atoms with Gasteiger partial charge in [0.15, 0.2) is 0 Å². The molecule has 0 bridgehead atoms. The van der Waals surface area contributed by atoms with Crippen LogP contribution in [0, 0.1) is 0 Å². The molecule has 0 radical (unpaired) electrons. The second-order valence-corrected chi connectivity index (χ2v) is 7.74. The van der Waals surface area contributed by atoms with Gasteiger partial charge in [-0.15, -0.1) is 0 Å². The molecule has 1 heterocycles. The van der Waals surface area contributed by atoms with Gasteiger partial charge in [-0.05, 0) is 68.7 Å². The molecule has 1 atom stereocenters. The third kappa shape index (κ3) is 5.57. The number of anilines is 2. The summed E-state index contributed by atoms with van der Waals surface area (Å²) in [6.07, 6.45) is -1.56. The van der Waals surface area contributed by atoms with Crippen LogP contribution in [0.5, 0.6) is 0 Å². The summed E-state index contributed by atoms with van der Waals surface area (Å²) in [7, 11) is 0. The third-order valence-corrected chi connectivity index (χ3v) is 5.41. The molecule has 2 aromatic rings. The number of halogens is 3. The second-order valence-electron chi connectivity index (χ2n) is 7.74. The zero-order valence-electron chi connectivity index (χ0n) is 17.6. The number of rotatable bonds is 6. The highest BCUT2D eigenvalue weighted by molar-refractivity contribution is 6.06. The summed E-state index contributed by atoms with van der Waals surface area (Å²) < 4.78 is 38.2. The van der Waals surface area contributed by atoms with Gasteiger partial charge < -0.3 is 15.5 Å². The minimum Gasteiger partial charge on any atom is -0.371 e. The zero-order chi connectivity index (χ0) is 22.6. The van der Waals surface area contributed by atoms with Crippen LogP contribution in [0.3, 0.4) is 0 Å². The van der Waals surface area contributed by atoms with Crippen molar-refractivity contribution in [3.8, 4) is 0 Å². The van der Waals surface area contributed by atoms with Crippen molar-refractivity contribution in [1.29, 1.82) is 0 Å². The Bertz CT molecular complexity index is 936. The van der Waals surface area contributed by atoms with Crippen LogP contribution in [0.1, 0.15) is 59.4 Å². The number of carbonyl (C=O) groups excluding carboxylic acids is 2. The van der Waals surface area contributed by atoms with Gasteiger partial charge in [0.05, 0.1) is 11.1 Å². The summed E-state index contributed by atoms with van der Waals surface area (Å²) in [5.41, 5.74) is 0.964. The fourth-order valence-electron chi connectivity index (χ4n) is 3.45. The van der Waals surface area contributed by atoms with Crippen LogP contribution in [-0.4, -0.2) is 30.9 Å². The first kappa shape index (κ1) is 22.7. The topological polar surface area (TPSA) is 61.4 Å². The predicted molar refractivity (Wildman–Crippen MR) is 115 cm³/mol. The smallest absolute Gasteiger partial charge is 0.371 e. The summed E-state index contributed by atoms with van der Waals surface area (Å²) in [5, 5.41) is 5.64. The molecule has 1 saturated heterocycles. The van der Waals surface area contributed by atoms with Gasteiger partial charge in [-0.2, -0.15) is 13.2 Å². The molecule has 3 rings (SSSR count). The highest BCUT2D eigenvalue weighted by atomic mass is 19.4. The molecule has 0 aromatic heterocycles. The van der Waals surface area contributed by atoms with Gasteiger partial charge in [0, 0.05) is 36.1 Å². The Morgan fingerprint density at radius 1 is 1.03 bits per heavy atom. The highest BCUT2D eigenvalue weighted by Gasteiger charge is 2.30. The van der Waals surface area contributed by atoms with Crippen LogP contribution >= 0.6 is 0 Å². The van der Waals surface area contributed by atoms with E-state index in [0.29, 0.717) is 11.3 Å². The molecule has 0 spiro atoms. The van der Waals surface area contributed by atoms with Crippen LogP contribution in [0.2, 0.25) is 0 Å². The lowest BCUT2D eigenvalue weighted by atomic mass is 10.1. The summed E-state index contributed by atoms with van der Waals surface area (Å²) >= 11 is 0. The largest absolute Gasteiger partial charge is 0.416 e. The van der Waals surface area contributed by atoms with E-state index in [2.05, 4.69) is 15.5 Å². The molecule has 2 amide bonds. The quantitative estimate of drug-likeness (QED) is 0.667. The molecule has 1 fully saturated rings. The number of nitrogens with zero attached hydrogens (tertiary/aromatic N) is 1. The molecule has 31 heavy (non-hydrogen) atoms. The lowest BCUT2D eigenvalue weighted by Gasteiger charge is -2.23. The lowest BCUT2D eigenvalue weighted by molar-refractivity contribution is -0.137. The molecule has 2 N–H and O–H groups in total. The molecule has 1 unspecified atom stereocenters. The van der Waals surface area contributed by atoms with Gasteiger partial charge in [-0.3, -0.25) is 9.59 Å². The fourth-order valence-corrected chi connectivity index (χ4v) is 3.45. The van der Waals surface area contributed by atoms with Gasteiger partial charge in [0.1, 0.15) is 0 Å². The van der Waals surface area contributed by atoms with Gasteiger partial charge in [0.25, 0.3) is 11.8 Å². The molecule has 166 valence electrons. The van der Waals surface area contributed by atoms with Crippen LogP contribution in [-0.2, 0) is 6.18 Å². The second kappa shape index (κ2) is 9.41. The number of carbonyl (C=O) groups is 2. The van der Waals surface area contributed by atoms with E-state index in [-0.39, 0.29) is 17.5 Å². The van der Waals surface area contributed by atoms with E-state index in [4.69, 9.17) is 0 Å². The van der Waals surface area contributed by atoms with E-state index in [0.717, 1.165) is 62.3 Å². The monoisotopic (exact) mass is 433 g/mol. The first-order valence-corrected chi connectivity index (χ1v) is 10.4. The van der Waals surface area contributed by atoms with Gasteiger partial charge >= 0.3 is 6.18 Å². The maximum absolute atomic E-state index is 12.9. The van der Waals surface area contributed by atoms with Crippen molar-refractivity contribution in [3.63, 3.8) is 0 Å².